The van der Waals surface area contributed by atoms with Crippen molar-refractivity contribution in [3.63, 3.8) is 0 Å². The maximum absolute atomic E-state index is 5.76. The molecule has 0 amide bonds. The van der Waals surface area contributed by atoms with Gasteiger partial charge in [0.05, 0.1) is 17.8 Å². The molecule has 1 saturated heterocycles. The molecule has 156 valence electrons. The van der Waals surface area contributed by atoms with Crippen molar-refractivity contribution >= 4 is 17.3 Å². The van der Waals surface area contributed by atoms with Crippen molar-refractivity contribution in [3.8, 4) is 5.69 Å². The number of hydrogen-bond acceptors (Lipinski definition) is 2. The molecule has 3 heterocycles. The van der Waals surface area contributed by atoms with Gasteiger partial charge in [-0.1, -0.05) is 25.1 Å². The molecule has 4 rings (SSSR count). The SMILES string of the molecule is CCc1ccc(-n2c(C)cc([C@H]3[C@@H](c4ccccn4)NC(=S)N3C(C)C)c2C)cc1. The van der Waals surface area contributed by atoms with Gasteiger partial charge < -0.3 is 14.8 Å². The van der Waals surface area contributed by atoms with Crippen molar-refractivity contribution in [2.24, 2.45) is 0 Å². The number of aromatic nitrogens is 2. The molecular weight excluding hydrogens is 388 g/mol. The number of hydrogen-bond donors (Lipinski definition) is 1. The van der Waals surface area contributed by atoms with E-state index in [0.717, 1.165) is 17.2 Å². The summed E-state index contributed by atoms with van der Waals surface area (Å²) in [5.74, 6) is 0. The van der Waals surface area contributed by atoms with Gasteiger partial charge in [0.25, 0.3) is 0 Å². The van der Waals surface area contributed by atoms with Crippen LogP contribution < -0.4 is 5.32 Å². The zero-order valence-electron chi connectivity index (χ0n) is 18.4. The second kappa shape index (κ2) is 8.23. The molecule has 2 atom stereocenters. The highest BCUT2D eigenvalue weighted by atomic mass is 32.1. The molecule has 1 aliphatic rings. The predicted molar refractivity (Wildman–Crippen MR) is 127 cm³/mol. The summed E-state index contributed by atoms with van der Waals surface area (Å²) in [6, 6.07) is 17.7. The van der Waals surface area contributed by atoms with E-state index < -0.39 is 0 Å². The molecule has 0 bridgehead atoms. The molecule has 30 heavy (non-hydrogen) atoms. The lowest BCUT2D eigenvalue weighted by molar-refractivity contribution is 0.269. The summed E-state index contributed by atoms with van der Waals surface area (Å²) in [7, 11) is 0. The number of aryl methyl sites for hydroxylation is 2. The quantitative estimate of drug-likeness (QED) is 0.560. The number of benzene rings is 1. The van der Waals surface area contributed by atoms with E-state index in [1.807, 2.05) is 18.3 Å². The summed E-state index contributed by atoms with van der Waals surface area (Å²) in [5, 5.41) is 4.34. The third-order valence-electron chi connectivity index (χ3n) is 6.08. The lowest BCUT2D eigenvalue weighted by Gasteiger charge is -2.31. The van der Waals surface area contributed by atoms with Crippen molar-refractivity contribution in [1.29, 1.82) is 0 Å². The Hall–Kier alpha value is -2.66. The summed E-state index contributed by atoms with van der Waals surface area (Å²) in [6.45, 7) is 11.0. The Kier molecular flexibility index (Phi) is 5.65. The fourth-order valence-electron chi connectivity index (χ4n) is 4.62. The number of nitrogens with one attached hydrogen (secondary N) is 1. The first kappa shape index (κ1) is 20.6. The monoisotopic (exact) mass is 418 g/mol. The van der Waals surface area contributed by atoms with Crippen LogP contribution in [0.3, 0.4) is 0 Å². The van der Waals surface area contributed by atoms with E-state index in [2.05, 4.69) is 90.8 Å². The molecule has 0 radical (unpaired) electrons. The normalized spacial score (nSPS) is 18.9. The maximum atomic E-state index is 5.76. The molecule has 1 aliphatic heterocycles. The molecule has 1 fully saturated rings. The summed E-state index contributed by atoms with van der Waals surface area (Å²) in [5.41, 5.74) is 7.35. The van der Waals surface area contributed by atoms with Crippen LogP contribution in [0.2, 0.25) is 0 Å². The van der Waals surface area contributed by atoms with Gasteiger partial charge in [0.1, 0.15) is 0 Å². The van der Waals surface area contributed by atoms with Crippen LogP contribution in [0.4, 0.5) is 0 Å². The molecule has 5 heteroatoms. The van der Waals surface area contributed by atoms with Gasteiger partial charge in [-0.2, -0.15) is 0 Å². The molecular formula is C25H30N4S. The number of pyridine rings is 1. The van der Waals surface area contributed by atoms with Crippen LogP contribution in [0.5, 0.6) is 0 Å². The van der Waals surface area contributed by atoms with Crippen molar-refractivity contribution < 1.29 is 0 Å². The highest BCUT2D eigenvalue weighted by Gasteiger charge is 2.42. The van der Waals surface area contributed by atoms with E-state index in [4.69, 9.17) is 12.2 Å². The lowest BCUT2D eigenvalue weighted by atomic mass is 9.96. The molecule has 0 saturated carbocycles. The minimum Gasteiger partial charge on any atom is -0.352 e. The summed E-state index contributed by atoms with van der Waals surface area (Å²) in [6.07, 6.45) is 2.91. The molecule has 1 N–H and O–H groups in total. The van der Waals surface area contributed by atoms with E-state index >= 15 is 0 Å². The zero-order valence-corrected chi connectivity index (χ0v) is 19.2. The zero-order chi connectivity index (χ0) is 21.4. The standard InChI is InChI=1S/C25H30N4S/c1-6-19-10-12-20(13-11-19)29-17(4)15-21(18(29)5)24-23(22-9-7-8-14-26-22)27-25(30)28(24)16(2)3/h7-16,23-24H,6H2,1-5H3,(H,27,30)/t23-,24+/m1/s1. The van der Waals surface area contributed by atoms with Crippen LogP contribution in [-0.4, -0.2) is 25.6 Å². The fourth-order valence-corrected chi connectivity index (χ4v) is 5.07. The van der Waals surface area contributed by atoms with E-state index in [1.165, 1.54) is 28.2 Å². The Morgan fingerprint density at radius 1 is 1.10 bits per heavy atom. The van der Waals surface area contributed by atoms with E-state index in [1.54, 1.807) is 0 Å². The van der Waals surface area contributed by atoms with Gasteiger partial charge in [-0.05, 0) is 87.8 Å². The Morgan fingerprint density at radius 3 is 2.43 bits per heavy atom. The second-order valence-electron chi connectivity index (χ2n) is 8.31. The van der Waals surface area contributed by atoms with Crippen LogP contribution in [-0.2, 0) is 6.42 Å². The number of rotatable bonds is 5. The van der Waals surface area contributed by atoms with Crippen molar-refractivity contribution in [3.05, 3.63) is 82.9 Å². The first-order valence-corrected chi connectivity index (χ1v) is 11.1. The van der Waals surface area contributed by atoms with Gasteiger partial charge in [-0.25, -0.2) is 0 Å². The Bertz CT molecular complexity index is 1040. The van der Waals surface area contributed by atoms with Gasteiger partial charge in [0.15, 0.2) is 5.11 Å². The minimum atomic E-state index is 0.0255. The summed E-state index contributed by atoms with van der Waals surface area (Å²) < 4.78 is 2.35. The lowest BCUT2D eigenvalue weighted by Crippen LogP contribution is -2.35. The molecule has 0 spiro atoms. The van der Waals surface area contributed by atoms with E-state index in [-0.39, 0.29) is 18.1 Å². The second-order valence-corrected chi connectivity index (χ2v) is 8.70. The Labute approximate surface area is 184 Å². The largest absolute Gasteiger partial charge is 0.352 e. The molecule has 0 aliphatic carbocycles. The van der Waals surface area contributed by atoms with E-state index in [0.29, 0.717) is 0 Å². The first-order chi connectivity index (χ1) is 14.4. The van der Waals surface area contributed by atoms with Gasteiger partial charge in [-0.15, -0.1) is 0 Å². The number of nitrogens with zero attached hydrogens (tertiary/aromatic N) is 3. The minimum absolute atomic E-state index is 0.0255. The van der Waals surface area contributed by atoms with Crippen LogP contribution in [0, 0.1) is 13.8 Å². The van der Waals surface area contributed by atoms with Crippen LogP contribution in [0.1, 0.15) is 61.1 Å². The third kappa shape index (κ3) is 3.52. The molecule has 4 nitrogen and oxygen atoms in total. The third-order valence-corrected chi connectivity index (χ3v) is 6.41. The Balaban J connectivity index is 1.82. The van der Waals surface area contributed by atoms with Crippen LogP contribution in [0.25, 0.3) is 5.69 Å². The van der Waals surface area contributed by atoms with Crippen LogP contribution in [0.15, 0.2) is 54.7 Å². The highest BCUT2D eigenvalue weighted by Crippen LogP contribution is 2.42. The summed E-state index contributed by atoms with van der Waals surface area (Å²) >= 11 is 5.76. The van der Waals surface area contributed by atoms with Crippen LogP contribution >= 0.6 is 12.2 Å². The highest BCUT2D eigenvalue weighted by molar-refractivity contribution is 7.80. The molecule has 2 aromatic heterocycles. The van der Waals surface area contributed by atoms with Gasteiger partial charge in [0.2, 0.25) is 0 Å². The molecule has 3 aromatic rings. The smallest absolute Gasteiger partial charge is 0.170 e. The molecule has 1 aromatic carbocycles. The van der Waals surface area contributed by atoms with Crippen molar-refractivity contribution in [2.45, 2.75) is 59.2 Å². The predicted octanol–water partition coefficient (Wildman–Crippen LogP) is 5.43. The van der Waals surface area contributed by atoms with Gasteiger partial charge in [-0.3, -0.25) is 4.98 Å². The van der Waals surface area contributed by atoms with E-state index in [9.17, 15) is 0 Å². The summed E-state index contributed by atoms with van der Waals surface area (Å²) in [4.78, 5) is 6.97. The Morgan fingerprint density at radius 2 is 1.83 bits per heavy atom. The van der Waals surface area contributed by atoms with Crippen molar-refractivity contribution in [1.82, 2.24) is 19.8 Å². The fraction of sp³-hybridized carbons (Fsp3) is 0.360. The molecule has 0 unspecified atom stereocenters. The van der Waals surface area contributed by atoms with Gasteiger partial charge in [0, 0.05) is 29.3 Å². The topological polar surface area (TPSA) is 33.1 Å². The number of thiocarbonyl (C=S) groups is 1. The average molecular weight is 419 g/mol. The van der Waals surface area contributed by atoms with Crippen molar-refractivity contribution in [2.75, 3.05) is 0 Å². The first-order valence-electron chi connectivity index (χ1n) is 10.7. The maximum Gasteiger partial charge on any atom is 0.170 e. The average Bonchev–Trinajstić information content (AvgIpc) is 3.24. The van der Waals surface area contributed by atoms with Gasteiger partial charge >= 0.3 is 0 Å².